The number of hydrogen-bond donors (Lipinski definition) is 2. The first-order chi connectivity index (χ1) is 19.0. The molecule has 3 aromatic carbocycles. The normalized spacial score (nSPS) is 15.9. The largest absolute Gasteiger partial charge is 0.405 e. The van der Waals surface area contributed by atoms with Gasteiger partial charge in [0.1, 0.15) is 23.8 Å². The average Bonchev–Trinajstić information content (AvgIpc) is 3.67. The molecule has 1 saturated carbocycles. The highest BCUT2D eigenvalue weighted by molar-refractivity contribution is 6.48. The second-order valence-corrected chi connectivity index (χ2v) is 10.6. The Kier molecular flexibility index (Phi) is 8.55. The lowest BCUT2D eigenvalue weighted by Gasteiger charge is -2.20. The molecule has 0 heterocycles. The molecule has 0 saturated heterocycles. The molecule has 4 nitrogen and oxygen atoms in total. The monoisotopic (exact) mass is 640 g/mol. The van der Waals surface area contributed by atoms with Crippen LogP contribution in [-0.4, -0.2) is 36.3 Å². The van der Waals surface area contributed by atoms with Crippen LogP contribution in [-0.2, 0) is 4.79 Å². The predicted octanol–water partition coefficient (Wildman–Crippen LogP) is 8.40. The van der Waals surface area contributed by atoms with Crippen LogP contribution < -0.4 is 10.6 Å². The first-order valence-electron chi connectivity index (χ1n) is 11.8. The summed E-state index contributed by atoms with van der Waals surface area (Å²) < 4.78 is 95.1. The molecule has 0 aliphatic heterocycles. The highest BCUT2D eigenvalue weighted by Crippen LogP contribution is 2.43. The standard InChI is InChI=1S/C27H18Cl3F7N2O2/c28-19-9-13(10-20(29)22(19)30)18(27(35,36)37)11-21(31)16-5-6-17(15-4-2-1-3-14(15)16)23(40)39-25(7-8-25)24(41)38-12-26(32,33)34/h1-6,9-11,18H,7-8,12H2,(H,38,41)(H,39,40)/b21-11-. The minimum Gasteiger partial charge on any atom is -0.345 e. The maximum Gasteiger partial charge on any atom is 0.405 e. The Hall–Kier alpha value is -3.02. The van der Waals surface area contributed by atoms with Gasteiger partial charge in [0, 0.05) is 11.1 Å². The van der Waals surface area contributed by atoms with Gasteiger partial charge in [-0.25, -0.2) is 4.39 Å². The van der Waals surface area contributed by atoms with Gasteiger partial charge >= 0.3 is 12.4 Å². The van der Waals surface area contributed by atoms with Crippen molar-refractivity contribution in [3.05, 3.63) is 86.4 Å². The quantitative estimate of drug-likeness (QED) is 0.201. The summed E-state index contributed by atoms with van der Waals surface area (Å²) in [5, 5.41) is 3.74. The van der Waals surface area contributed by atoms with Gasteiger partial charge in [0.05, 0.1) is 15.1 Å². The molecule has 41 heavy (non-hydrogen) atoms. The molecule has 218 valence electrons. The van der Waals surface area contributed by atoms with Crippen LogP contribution in [0.2, 0.25) is 15.1 Å². The molecule has 2 N–H and O–H groups in total. The predicted molar refractivity (Wildman–Crippen MR) is 142 cm³/mol. The number of fused-ring (bicyclic) bond motifs is 1. The van der Waals surface area contributed by atoms with Crippen LogP contribution in [0.25, 0.3) is 16.6 Å². The molecule has 4 rings (SSSR count). The molecule has 14 heteroatoms. The van der Waals surface area contributed by atoms with Crippen LogP contribution in [0.1, 0.15) is 40.2 Å². The Morgan fingerprint density at radius 2 is 1.44 bits per heavy atom. The maximum absolute atomic E-state index is 15.5. The van der Waals surface area contributed by atoms with Crippen molar-refractivity contribution in [2.45, 2.75) is 36.7 Å². The van der Waals surface area contributed by atoms with Crippen molar-refractivity contribution in [3.8, 4) is 0 Å². The molecule has 0 radical (unpaired) electrons. The van der Waals surface area contributed by atoms with Gasteiger partial charge in [-0.3, -0.25) is 9.59 Å². The molecular weight excluding hydrogens is 624 g/mol. The minimum absolute atomic E-state index is 0.0596. The number of nitrogens with one attached hydrogen (secondary N) is 2. The van der Waals surface area contributed by atoms with Crippen LogP contribution in [0.4, 0.5) is 30.7 Å². The fourth-order valence-corrected chi connectivity index (χ4v) is 4.86. The molecule has 1 atom stereocenters. The van der Waals surface area contributed by atoms with Crippen LogP contribution in [0, 0.1) is 0 Å². The van der Waals surface area contributed by atoms with E-state index in [0.717, 1.165) is 24.3 Å². The van der Waals surface area contributed by atoms with Crippen LogP contribution in [0.5, 0.6) is 0 Å². The van der Waals surface area contributed by atoms with Crippen LogP contribution in [0.3, 0.4) is 0 Å². The number of carbonyl (C=O) groups is 2. The smallest absolute Gasteiger partial charge is 0.345 e. The number of allylic oxidation sites excluding steroid dienone is 1. The van der Waals surface area contributed by atoms with Crippen molar-refractivity contribution < 1.29 is 40.3 Å². The zero-order valence-electron chi connectivity index (χ0n) is 20.5. The molecular formula is C27H18Cl3F7N2O2. The second-order valence-electron chi connectivity index (χ2n) is 9.37. The topological polar surface area (TPSA) is 58.2 Å². The number of halogens is 10. The van der Waals surface area contributed by atoms with E-state index in [1.165, 1.54) is 24.3 Å². The van der Waals surface area contributed by atoms with E-state index in [0.29, 0.717) is 6.08 Å². The number of hydrogen-bond acceptors (Lipinski definition) is 2. The van der Waals surface area contributed by atoms with Gasteiger partial charge in [-0.15, -0.1) is 0 Å². The van der Waals surface area contributed by atoms with Crippen molar-refractivity contribution in [1.29, 1.82) is 0 Å². The summed E-state index contributed by atoms with van der Waals surface area (Å²) in [5.74, 6) is -5.54. The molecule has 2 amide bonds. The summed E-state index contributed by atoms with van der Waals surface area (Å²) in [5.41, 5.74) is -2.31. The fourth-order valence-electron chi connectivity index (χ4n) is 4.24. The number of carbonyl (C=O) groups excluding carboxylic acids is 2. The van der Waals surface area contributed by atoms with Gasteiger partial charge in [-0.05, 0) is 53.5 Å². The fraction of sp³-hybridized carbons (Fsp3) is 0.259. The first kappa shape index (κ1) is 30.9. The lowest BCUT2D eigenvalue weighted by atomic mass is 9.94. The second kappa shape index (κ2) is 11.3. The third-order valence-corrected chi connectivity index (χ3v) is 7.64. The van der Waals surface area contributed by atoms with E-state index in [1.807, 2.05) is 0 Å². The van der Waals surface area contributed by atoms with E-state index in [1.54, 1.807) is 5.32 Å². The zero-order chi connectivity index (χ0) is 30.3. The van der Waals surface area contributed by atoms with Gasteiger partial charge in [-0.1, -0.05) is 65.1 Å². The van der Waals surface area contributed by atoms with Crippen molar-refractivity contribution in [2.24, 2.45) is 0 Å². The molecule has 1 aliphatic carbocycles. The summed E-state index contributed by atoms with van der Waals surface area (Å²) in [7, 11) is 0. The van der Waals surface area contributed by atoms with Gasteiger partial charge in [0.25, 0.3) is 5.91 Å². The molecule has 0 spiro atoms. The van der Waals surface area contributed by atoms with Crippen molar-refractivity contribution in [2.75, 3.05) is 6.54 Å². The number of benzene rings is 3. The summed E-state index contributed by atoms with van der Waals surface area (Å²) in [4.78, 5) is 25.4. The maximum atomic E-state index is 15.5. The van der Waals surface area contributed by atoms with E-state index < -0.39 is 53.6 Å². The van der Waals surface area contributed by atoms with Gasteiger partial charge < -0.3 is 10.6 Å². The van der Waals surface area contributed by atoms with E-state index in [4.69, 9.17) is 34.8 Å². The molecule has 3 aromatic rings. The van der Waals surface area contributed by atoms with Crippen molar-refractivity contribution >= 4 is 63.2 Å². The Balaban J connectivity index is 1.68. The molecule has 0 aromatic heterocycles. The Labute approximate surface area is 243 Å². The number of rotatable bonds is 7. The molecule has 0 bridgehead atoms. The lowest BCUT2D eigenvalue weighted by Crippen LogP contribution is -2.50. The zero-order valence-corrected chi connectivity index (χ0v) is 22.8. The van der Waals surface area contributed by atoms with E-state index in [9.17, 15) is 35.9 Å². The Morgan fingerprint density at radius 3 is 1.95 bits per heavy atom. The lowest BCUT2D eigenvalue weighted by molar-refractivity contribution is -0.140. The Morgan fingerprint density at radius 1 is 0.902 bits per heavy atom. The highest BCUT2D eigenvalue weighted by Gasteiger charge is 2.52. The third-order valence-electron chi connectivity index (χ3n) is 6.44. The highest BCUT2D eigenvalue weighted by atomic mass is 35.5. The molecule has 1 unspecified atom stereocenters. The number of amides is 2. The van der Waals surface area contributed by atoms with Gasteiger partial charge in [0.15, 0.2) is 0 Å². The first-order valence-corrected chi connectivity index (χ1v) is 12.9. The van der Waals surface area contributed by atoms with Crippen molar-refractivity contribution in [1.82, 2.24) is 10.6 Å². The van der Waals surface area contributed by atoms with Gasteiger partial charge in [-0.2, -0.15) is 26.3 Å². The van der Waals surface area contributed by atoms with Crippen LogP contribution >= 0.6 is 34.8 Å². The summed E-state index contributed by atoms with van der Waals surface area (Å²) in [6.07, 6.45) is -9.03. The number of alkyl halides is 6. The Bertz CT molecular complexity index is 1530. The van der Waals surface area contributed by atoms with E-state index in [-0.39, 0.29) is 49.8 Å². The van der Waals surface area contributed by atoms with E-state index in [2.05, 4.69) is 5.32 Å². The van der Waals surface area contributed by atoms with Crippen LogP contribution in [0.15, 0.2) is 54.6 Å². The third kappa shape index (κ3) is 6.90. The summed E-state index contributed by atoms with van der Waals surface area (Å²) >= 11 is 17.6. The summed E-state index contributed by atoms with van der Waals surface area (Å²) in [6, 6.07) is 9.91. The average molecular weight is 642 g/mol. The van der Waals surface area contributed by atoms with Crippen molar-refractivity contribution in [3.63, 3.8) is 0 Å². The minimum atomic E-state index is -4.95. The van der Waals surface area contributed by atoms with Gasteiger partial charge in [0.2, 0.25) is 5.91 Å². The molecule has 1 aliphatic rings. The SMILES string of the molecule is O=C(NC1(C(=O)NCC(F)(F)F)CC1)c1ccc(/C(F)=C/C(c2cc(Cl)c(Cl)c(Cl)c2)C(F)(F)F)c2ccccc12. The summed E-state index contributed by atoms with van der Waals surface area (Å²) in [6.45, 7) is -1.57. The van der Waals surface area contributed by atoms with E-state index >= 15 is 4.39 Å². The molecule has 1 fully saturated rings.